The minimum atomic E-state index is -0.503. The van der Waals surface area contributed by atoms with Gasteiger partial charge in [0.2, 0.25) is 0 Å². The number of nitro benzene ring substituents is 1. The van der Waals surface area contributed by atoms with Crippen molar-refractivity contribution in [2.75, 3.05) is 11.9 Å². The Morgan fingerprint density at radius 3 is 2.68 bits per heavy atom. The molecule has 0 aliphatic carbocycles. The van der Waals surface area contributed by atoms with E-state index in [9.17, 15) is 14.9 Å². The lowest BCUT2D eigenvalue weighted by atomic mass is 10.3. The molecule has 0 unspecified atom stereocenters. The van der Waals surface area contributed by atoms with E-state index in [0.717, 1.165) is 3.57 Å². The average molecular weight is 477 g/mol. The number of nitrogens with zero attached hydrogens (tertiary/aromatic N) is 1. The van der Waals surface area contributed by atoms with Crippen LogP contribution >= 0.6 is 38.5 Å². The average Bonchev–Trinajstić information content (AvgIpc) is 2.48. The summed E-state index contributed by atoms with van der Waals surface area (Å²) < 4.78 is 6.77. The van der Waals surface area contributed by atoms with Crippen molar-refractivity contribution in [3.05, 3.63) is 60.6 Å². The molecule has 0 saturated heterocycles. The highest BCUT2D eigenvalue weighted by atomic mass is 127. The molecule has 1 N–H and O–H groups in total. The molecule has 0 atom stereocenters. The number of nitro groups is 1. The monoisotopic (exact) mass is 476 g/mol. The summed E-state index contributed by atoms with van der Waals surface area (Å²) in [5.41, 5.74) is 0.391. The van der Waals surface area contributed by atoms with Gasteiger partial charge >= 0.3 is 0 Å². The van der Waals surface area contributed by atoms with Crippen molar-refractivity contribution in [2.45, 2.75) is 0 Å². The zero-order valence-electron chi connectivity index (χ0n) is 11.1. The summed E-state index contributed by atoms with van der Waals surface area (Å²) in [5.74, 6) is 0.273. The minimum Gasteiger partial charge on any atom is -0.483 e. The number of carbonyl (C=O) groups excluding carboxylic acids is 1. The lowest BCUT2D eigenvalue weighted by Gasteiger charge is -2.09. The predicted molar refractivity (Wildman–Crippen MR) is 94.1 cm³/mol. The summed E-state index contributed by atoms with van der Waals surface area (Å²) in [5, 5.41) is 13.3. The van der Waals surface area contributed by atoms with E-state index >= 15 is 0 Å². The fourth-order valence-electron chi connectivity index (χ4n) is 1.61. The molecule has 2 aromatic rings. The van der Waals surface area contributed by atoms with E-state index in [1.807, 2.05) is 18.2 Å². The summed E-state index contributed by atoms with van der Waals surface area (Å²) in [6.07, 6.45) is 0. The quantitative estimate of drug-likeness (QED) is 0.402. The van der Waals surface area contributed by atoms with Gasteiger partial charge in [-0.05, 0) is 56.7 Å². The van der Waals surface area contributed by atoms with Gasteiger partial charge < -0.3 is 10.1 Å². The van der Waals surface area contributed by atoms with Crippen molar-refractivity contribution < 1.29 is 14.5 Å². The third-order valence-corrected chi connectivity index (χ3v) is 4.18. The van der Waals surface area contributed by atoms with Gasteiger partial charge in [0.25, 0.3) is 11.6 Å². The predicted octanol–water partition coefficient (Wildman–Crippen LogP) is 3.98. The third kappa shape index (κ3) is 4.41. The number of non-ortho nitro benzene ring substituents is 1. The number of hydrogen-bond acceptors (Lipinski definition) is 4. The van der Waals surface area contributed by atoms with E-state index in [4.69, 9.17) is 4.74 Å². The summed E-state index contributed by atoms with van der Waals surface area (Å²) >= 11 is 5.31. The normalized spacial score (nSPS) is 10.1. The van der Waals surface area contributed by atoms with E-state index in [0.29, 0.717) is 15.9 Å². The van der Waals surface area contributed by atoms with Crippen LogP contribution in [0.15, 0.2) is 46.9 Å². The van der Waals surface area contributed by atoms with E-state index in [1.54, 1.807) is 6.07 Å². The van der Waals surface area contributed by atoms with Crippen LogP contribution in [0.5, 0.6) is 5.75 Å². The van der Waals surface area contributed by atoms with Crippen LogP contribution in [0, 0.1) is 13.7 Å². The van der Waals surface area contributed by atoms with Crippen LogP contribution in [0.4, 0.5) is 11.4 Å². The topological polar surface area (TPSA) is 81.5 Å². The molecule has 22 heavy (non-hydrogen) atoms. The Morgan fingerprint density at radius 2 is 2.05 bits per heavy atom. The first-order valence-electron chi connectivity index (χ1n) is 6.08. The van der Waals surface area contributed by atoms with Crippen molar-refractivity contribution in [2.24, 2.45) is 0 Å². The van der Waals surface area contributed by atoms with Gasteiger partial charge in [0.05, 0.1) is 14.2 Å². The zero-order valence-corrected chi connectivity index (χ0v) is 14.8. The first-order chi connectivity index (χ1) is 10.5. The molecule has 0 fully saturated rings. The zero-order chi connectivity index (χ0) is 16.1. The van der Waals surface area contributed by atoms with Gasteiger partial charge in [-0.2, -0.15) is 0 Å². The maximum Gasteiger partial charge on any atom is 0.270 e. The summed E-state index contributed by atoms with van der Waals surface area (Å²) in [6.45, 7) is -0.149. The Kier molecular flexibility index (Phi) is 5.72. The number of para-hydroxylation sites is 1. The molecule has 0 aromatic heterocycles. The highest BCUT2D eigenvalue weighted by Gasteiger charge is 2.12. The lowest BCUT2D eigenvalue weighted by Crippen LogP contribution is -2.20. The van der Waals surface area contributed by atoms with Crippen molar-refractivity contribution in [3.8, 4) is 5.75 Å². The van der Waals surface area contributed by atoms with E-state index < -0.39 is 4.92 Å². The fourth-order valence-corrected chi connectivity index (χ4v) is 2.62. The first-order valence-corrected chi connectivity index (χ1v) is 7.95. The highest BCUT2D eigenvalue weighted by molar-refractivity contribution is 14.1. The Balaban J connectivity index is 1.98. The Hall–Kier alpha value is -1.68. The Morgan fingerprint density at radius 1 is 1.32 bits per heavy atom. The molecule has 0 spiro atoms. The number of nitrogens with one attached hydrogen (secondary N) is 1. The number of benzene rings is 2. The van der Waals surface area contributed by atoms with Crippen molar-refractivity contribution in [3.63, 3.8) is 0 Å². The van der Waals surface area contributed by atoms with Gasteiger partial charge in [0.15, 0.2) is 6.61 Å². The standard InChI is InChI=1S/C14H10BrIN2O4/c15-10-7-9(18(20)21)5-6-12(10)17-14(19)8-22-13-4-2-1-3-11(13)16/h1-7H,8H2,(H,17,19). The number of hydrogen-bond donors (Lipinski definition) is 1. The minimum absolute atomic E-state index is 0.0556. The van der Waals surface area contributed by atoms with Crippen LogP contribution in [0.3, 0.4) is 0 Å². The summed E-state index contributed by atoms with van der Waals surface area (Å²) in [7, 11) is 0. The molecule has 114 valence electrons. The molecule has 6 nitrogen and oxygen atoms in total. The van der Waals surface area contributed by atoms with Crippen LogP contribution in [-0.4, -0.2) is 17.4 Å². The molecule has 1 amide bonds. The van der Waals surface area contributed by atoms with Gasteiger partial charge in [-0.1, -0.05) is 12.1 Å². The van der Waals surface area contributed by atoms with Gasteiger partial charge in [-0.25, -0.2) is 0 Å². The second-order valence-electron chi connectivity index (χ2n) is 4.19. The molecule has 0 radical (unpaired) electrons. The molecule has 0 aliphatic heterocycles. The van der Waals surface area contributed by atoms with Crippen LogP contribution in [0.2, 0.25) is 0 Å². The fraction of sp³-hybridized carbons (Fsp3) is 0.0714. The van der Waals surface area contributed by atoms with E-state index in [2.05, 4.69) is 43.8 Å². The van der Waals surface area contributed by atoms with Crippen LogP contribution in [0.1, 0.15) is 0 Å². The Bertz CT molecular complexity index is 724. The largest absolute Gasteiger partial charge is 0.483 e. The van der Waals surface area contributed by atoms with Gasteiger partial charge in [0.1, 0.15) is 5.75 Å². The number of rotatable bonds is 5. The van der Waals surface area contributed by atoms with Crippen molar-refractivity contribution >= 4 is 55.8 Å². The molecular formula is C14H10BrIN2O4. The summed E-state index contributed by atoms with van der Waals surface area (Å²) in [6, 6.07) is 11.5. The molecule has 0 heterocycles. The molecule has 0 bridgehead atoms. The summed E-state index contributed by atoms with van der Waals surface area (Å²) in [4.78, 5) is 22.0. The number of halogens is 2. The second kappa shape index (κ2) is 7.54. The van der Waals surface area contributed by atoms with Gasteiger partial charge in [-0.15, -0.1) is 0 Å². The van der Waals surface area contributed by atoms with Crippen molar-refractivity contribution in [1.82, 2.24) is 0 Å². The smallest absolute Gasteiger partial charge is 0.270 e. The Labute approximate surface area is 148 Å². The molecule has 0 saturated carbocycles. The van der Waals surface area contributed by atoms with Crippen LogP contribution in [-0.2, 0) is 4.79 Å². The maximum atomic E-state index is 11.9. The molecule has 2 aromatic carbocycles. The maximum absolute atomic E-state index is 11.9. The van der Waals surface area contributed by atoms with E-state index in [-0.39, 0.29) is 18.2 Å². The second-order valence-corrected chi connectivity index (χ2v) is 6.21. The van der Waals surface area contributed by atoms with Gasteiger partial charge in [-0.3, -0.25) is 14.9 Å². The molecule has 8 heteroatoms. The van der Waals surface area contributed by atoms with E-state index in [1.165, 1.54) is 18.2 Å². The highest BCUT2D eigenvalue weighted by Crippen LogP contribution is 2.27. The molecule has 2 rings (SSSR count). The molecular weight excluding hydrogens is 467 g/mol. The number of carbonyl (C=O) groups is 1. The van der Waals surface area contributed by atoms with Crippen LogP contribution < -0.4 is 10.1 Å². The number of ether oxygens (including phenoxy) is 1. The van der Waals surface area contributed by atoms with Gasteiger partial charge in [0, 0.05) is 16.6 Å². The third-order valence-electron chi connectivity index (χ3n) is 2.63. The first kappa shape index (κ1) is 16.7. The number of anilines is 1. The SMILES string of the molecule is O=C(COc1ccccc1I)Nc1ccc([N+](=O)[O-])cc1Br. The lowest BCUT2D eigenvalue weighted by molar-refractivity contribution is -0.384. The number of amides is 1. The van der Waals surface area contributed by atoms with Crippen LogP contribution in [0.25, 0.3) is 0 Å². The van der Waals surface area contributed by atoms with Crippen molar-refractivity contribution in [1.29, 1.82) is 0 Å². The molecule has 0 aliphatic rings.